The van der Waals surface area contributed by atoms with E-state index in [1.54, 1.807) is 0 Å². The smallest absolute Gasteiger partial charge is 0.234 e. The minimum atomic E-state index is 0.0854. The van der Waals surface area contributed by atoms with Gasteiger partial charge in [0.15, 0.2) is 0 Å². The molecule has 0 radical (unpaired) electrons. The number of nitrogens with zero attached hydrogens (tertiary/aromatic N) is 1. The van der Waals surface area contributed by atoms with E-state index in [1.807, 2.05) is 0 Å². The molecule has 2 N–H and O–H groups in total. The number of carbonyl (C=O) groups is 1. The summed E-state index contributed by atoms with van der Waals surface area (Å²) >= 11 is 0. The molecule has 5 nitrogen and oxygen atoms in total. The quantitative estimate of drug-likeness (QED) is 0.709. The summed E-state index contributed by atoms with van der Waals surface area (Å²) in [5, 5.41) is 12.1. The lowest BCUT2D eigenvalue weighted by Crippen LogP contribution is -2.49. The third kappa shape index (κ3) is 3.93. The van der Waals surface area contributed by atoms with Crippen LogP contribution >= 0.6 is 0 Å². The number of ether oxygens (including phenoxy) is 1. The number of amides is 1. The molecule has 5 heteroatoms. The molecule has 1 heterocycles. The fourth-order valence-electron chi connectivity index (χ4n) is 2.57. The number of nitrogens with one attached hydrogen (secondary N) is 1. The summed E-state index contributed by atoms with van der Waals surface area (Å²) < 4.78 is 5.27. The van der Waals surface area contributed by atoms with Crippen molar-refractivity contribution in [1.82, 2.24) is 10.2 Å². The molecule has 1 amide bonds. The third-order valence-electron chi connectivity index (χ3n) is 3.91. The molecular formula is C13H24N2O3. The van der Waals surface area contributed by atoms with Gasteiger partial charge in [0.2, 0.25) is 5.91 Å². The van der Waals surface area contributed by atoms with Gasteiger partial charge in [-0.25, -0.2) is 0 Å². The standard InChI is InChI=1S/C13H24N2O3/c16-7-6-15(12-2-1-3-12)10-13(17)14-11-4-8-18-9-5-11/h11-12,16H,1-10H2,(H,14,17). The Bertz CT molecular complexity index is 263. The van der Waals surface area contributed by atoms with Crippen LogP contribution in [0.4, 0.5) is 0 Å². The van der Waals surface area contributed by atoms with Crippen molar-refractivity contribution in [2.75, 3.05) is 32.9 Å². The number of rotatable bonds is 6. The summed E-state index contributed by atoms with van der Waals surface area (Å²) in [4.78, 5) is 14.1. The summed E-state index contributed by atoms with van der Waals surface area (Å²) in [7, 11) is 0. The Hall–Kier alpha value is -0.650. The summed E-state index contributed by atoms with van der Waals surface area (Å²) in [5.74, 6) is 0.0854. The molecule has 0 unspecified atom stereocenters. The van der Waals surface area contributed by atoms with Crippen LogP contribution < -0.4 is 5.32 Å². The van der Waals surface area contributed by atoms with E-state index in [0.29, 0.717) is 19.1 Å². The normalized spacial score (nSPS) is 21.9. The lowest BCUT2D eigenvalue weighted by Gasteiger charge is -2.37. The molecule has 0 aromatic heterocycles. The van der Waals surface area contributed by atoms with Crippen LogP contribution in [0.1, 0.15) is 32.1 Å². The van der Waals surface area contributed by atoms with Gasteiger partial charge in [-0.3, -0.25) is 9.69 Å². The van der Waals surface area contributed by atoms with Gasteiger partial charge in [0.05, 0.1) is 13.2 Å². The summed E-state index contributed by atoms with van der Waals surface area (Å²) in [6.07, 6.45) is 5.38. The average molecular weight is 256 g/mol. The molecular weight excluding hydrogens is 232 g/mol. The van der Waals surface area contributed by atoms with Crippen molar-refractivity contribution in [1.29, 1.82) is 0 Å². The average Bonchev–Trinajstić information content (AvgIpc) is 2.28. The Morgan fingerprint density at radius 3 is 2.56 bits per heavy atom. The minimum absolute atomic E-state index is 0.0854. The number of aliphatic hydroxyl groups is 1. The molecule has 0 aromatic carbocycles. The van der Waals surface area contributed by atoms with Crippen molar-refractivity contribution in [3.63, 3.8) is 0 Å². The second-order valence-corrected chi connectivity index (χ2v) is 5.23. The van der Waals surface area contributed by atoms with Gasteiger partial charge in [0.1, 0.15) is 0 Å². The van der Waals surface area contributed by atoms with Gasteiger partial charge < -0.3 is 15.2 Å². The Balaban J connectivity index is 1.73. The highest BCUT2D eigenvalue weighted by atomic mass is 16.5. The zero-order valence-electron chi connectivity index (χ0n) is 10.9. The molecule has 1 saturated carbocycles. The summed E-state index contributed by atoms with van der Waals surface area (Å²) in [6.45, 7) is 2.64. The molecule has 18 heavy (non-hydrogen) atoms. The molecule has 104 valence electrons. The van der Waals surface area contributed by atoms with Gasteiger partial charge in [0, 0.05) is 31.8 Å². The molecule has 0 atom stereocenters. The Morgan fingerprint density at radius 1 is 1.28 bits per heavy atom. The first-order valence-corrected chi connectivity index (χ1v) is 7.01. The van der Waals surface area contributed by atoms with Crippen LogP contribution in [0.5, 0.6) is 0 Å². The molecule has 2 aliphatic rings. The van der Waals surface area contributed by atoms with Crippen molar-refractivity contribution in [2.24, 2.45) is 0 Å². The van der Waals surface area contributed by atoms with Crippen molar-refractivity contribution in [3.05, 3.63) is 0 Å². The number of carbonyl (C=O) groups excluding carboxylic acids is 1. The topological polar surface area (TPSA) is 61.8 Å². The van der Waals surface area contributed by atoms with E-state index in [0.717, 1.165) is 38.9 Å². The zero-order valence-corrected chi connectivity index (χ0v) is 10.9. The van der Waals surface area contributed by atoms with Gasteiger partial charge in [-0.15, -0.1) is 0 Å². The fraction of sp³-hybridized carbons (Fsp3) is 0.923. The van der Waals surface area contributed by atoms with E-state index < -0.39 is 0 Å². The van der Waals surface area contributed by atoms with E-state index in [9.17, 15) is 4.79 Å². The molecule has 0 aromatic rings. The van der Waals surface area contributed by atoms with Crippen molar-refractivity contribution >= 4 is 5.91 Å². The van der Waals surface area contributed by atoms with Gasteiger partial charge in [0.25, 0.3) is 0 Å². The van der Waals surface area contributed by atoms with Gasteiger partial charge >= 0.3 is 0 Å². The predicted molar refractivity (Wildman–Crippen MR) is 68.3 cm³/mol. The number of aliphatic hydroxyl groups excluding tert-OH is 1. The van der Waals surface area contributed by atoms with Gasteiger partial charge in [-0.05, 0) is 25.7 Å². The molecule has 1 aliphatic heterocycles. The highest BCUT2D eigenvalue weighted by Crippen LogP contribution is 2.24. The zero-order chi connectivity index (χ0) is 12.8. The van der Waals surface area contributed by atoms with Crippen molar-refractivity contribution < 1.29 is 14.6 Å². The van der Waals surface area contributed by atoms with Crippen LogP contribution in [0.25, 0.3) is 0 Å². The summed E-state index contributed by atoms with van der Waals surface area (Å²) in [5.41, 5.74) is 0. The highest BCUT2D eigenvalue weighted by molar-refractivity contribution is 5.78. The lowest BCUT2D eigenvalue weighted by molar-refractivity contribution is -0.124. The maximum atomic E-state index is 12.0. The third-order valence-corrected chi connectivity index (χ3v) is 3.91. The van der Waals surface area contributed by atoms with E-state index in [1.165, 1.54) is 6.42 Å². The monoisotopic (exact) mass is 256 g/mol. The predicted octanol–water partition coefficient (Wildman–Crippen LogP) is 0.128. The van der Waals surface area contributed by atoms with Gasteiger partial charge in [-0.2, -0.15) is 0 Å². The molecule has 0 spiro atoms. The molecule has 2 fully saturated rings. The van der Waals surface area contributed by atoms with E-state index >= 15 is 0 Å². The second kappa shape index (κ2) is 7.07. The first-order chi connectivity index (χ1) is 8.79. The SMILES string of the molecule is O=C(CN(CCO)C1CCC1)NC1CCOCC1. The van der Waals surface area contributed by atoms with Gasteiger partial charge in [-0.1, -0.05) is 6.42 Å². The van der Waals surface area contributed by atoms with Crippen LogP contribution in [-0.2, 0) is 9.53 Å². The first-order valence-electron chi connectivity index (χ1n) is 7.01. The molecule has 1 saturated heterocycles. The van der Waals surface area contributed by atoms with Crippen LogP contribution in [0.2, 0.25) is 0 Å². The Kier molecular flexibility index (Phi) is 5.41. The largest absolute Gasteiger partial charge is 0.395 e. The Morgan fingerprint density at radius 2 is 2.00 bits per heavy atom. The first kappa shape index (κ1) is 13.8. The Labute approximate surface area is 108 Å². The maximum absolute atomic E-state index is 12.0. The molecule has 1 aliphatic carbocycles. The van der Waals surface area contributed by atoms with Crippen molar-refractivity contribution in [2.45, 2.75) is 44.2 Å². The fourth-order valence-corrected chi connectivity index (χ4v) is 2.57. The minimum Gasteiger partial charge on any atom is -0.395 e. The highest BCUT2D eigenvalue weighted by Gasteiger charge is 2.26. The molecule has 2 rings (SSSR count). The van der Waals surface area contributed by atoms with Crippen LogP contribution in [0, 0.1) is 0 Å². The maximum Gasteiger partial charge on any atom is 0.234 e. The van der Waals surface area contributed by atoms with E-state index in [-0.39, 0.29) is 18.6 Å². The number of hydrogen-bond acceptors (Lipinski definition) is 4. The lowest BCUT2D eigenvalue weighted by atomic mass is 9.91. The van der Waals surface area contributed by atoms with Crippen molar-refractivity contribution in [3.8, 4) is 0 Å². The van der Waals surface area contributed by atoms with E-state index in [2.05, 4.69) is 10.2 Å². The second-order valence-electron chi connectivity index (χ2n) is 5.23. The van der Waals surface area contributed by atoms with E-state index in [4.69, 9.17) is 9.84 Å². The summed E-state index contributed by atoms with van der Waals surface area (Å²) in [6, 6.07) is 0.765. The van der Waals surface area contributed by atoms with Crippen LogP contribution in [0.3, 0.4) is 0 Å². The van der Waals surface area contributed by atoms with Crippen LogP contribution in [0.15, 0.2) is 0 Å². The number of hydrogen-bond donors (Lipinski definition) is 2. The van der Waals surface area contributed by atoms with Crippen LogP contribution in [-0.4, -0.2) is 60.9 Å². The molecule has 0 bridgehead atoms.